The van der Waals surface area contributed by atoms with Crippen LogP contribution in [0.2, 0.25) is 5.02 Å². The summed E-state index contributed by atoms with van der Waals surface area (Å²) in [6.45, 7) is 12.7. The summed E-state index contributed by atoms with van der Waals surface area (Å²) in [5.74, 6) is 1.63. The predicted molar refractivity (Wildman–Crippen MR) is 142 cm³/mol. The van der Waals surface area contributed by atoms with Crippen LogP contribution in [0.4, 0.5) is 11.6 Å². The minimum absolute atomic E-state index is 0.714. The van der Waals surface area contributed by atoms with Crippen LogP contribution in [0.3, 0.4) is 0 Å². The summed E-state index contributed by atoms with van der Waals surface area (Å²) in [6, 6.07) is 3.91. The maximum Gasteiger partial charge on any atom is 0.169 e. The molecule has 2 fully saturated rings. The summed E-state index contributed by atoms with van der Waals surface area (Å²) in [6.07, 6.45) is 0. The molecule has 0 atom stereocenters. The van der Waals surface area contributed by atoms with E-state index in [0.717, 1.165) is 105 Å². The molecule has 1 aromatic heterocycles. The molecule has 1 aromatic carbocycles. The largest absolute Gasteiger partial charge is 0.366 e. The minimum atomic E-state index is 0.714. The fourth-order valence-corrected chi connectivity index (χ4v) is 4.71. The van der Waals surface area contributed by atoms with E-state index in [1.807, 2.05) is 12.1 Å². The summed E-state index contributed by atoms with van der Waals surface area (Å²) >= 11 is 8.59. The van der Waals surface area contributed by atoms with Crippen LogP contribution < -0.4 is 10.6 Å². The van der Waals surface area contributed by atoms with Gasteiger partial charge in [0.05, 0.1) is 16.1 Å². The van der Waals surface area contributed by atoms with Crippen molar-refractivity contribution >= 4 is 56.9 Å². The third kappa shape index (κ3) is 6.54. The molecule has 0 saturated carbocycles. The molecule has 0 aliphatic carbocycles. The molecule has 32 heavy (non-hydrogen) atoms. The van der Waals surface area contributed by atoms with E-state index in [1.165, 1.54) is 0 Å². The highest BCUT2D eigenvalue weighted by atomic mass is 127. The van der Waals surface area contributed by atoms with Gasteiger partial charge in [0, 0.05) is 82.1 Å². The van der Waals surface area contributed by atoms with Gasteiger partial charge >= 0.3 is 0 Å². The zero-order valence-electron chi connectivity index (χ0n) is 19.1. The molecule has 0 unspecified atom stereocenters. The molecule has 176 valence electrons. The molecule has 0 radical (unpaired) electrons. The normalized spacial score (nSPS) is 19.5. The molecule has 2 aromatic rings. The molecule has 2 saturated heterocycles. The topological polar surface area (TPSA) is 62.8 Å². The average molecular weight is 573 g/mol. The Hall–Kier alpha value is -0.980. The number of benzene rings is 1. The number of halogens is 2. The van der Waals surface area contributed by atoms with E-state index in [0.29, 0.717) is 5.02 Å². The molecule has 2 aliphatic heterocycles. The Kier molecular flexibility index (Phi) is 8.63. The van der Waals surface area contributed by atoms with Crippen LogP contribution in [-0.4, -0.2) is 122 Å². The first-order valence-corrected chi connectivity index (χ1v) is 12.9. The van der Waals surface area contributed by atoms with E-state index in [1.54, 1.807) is 0 Å². The van der Waals surface area contributed by atoms with Gasteiger partial charge in [-0.05, 0) is 48.8 Å². The van der Waals surface area contributed by atoms with Crippen LogP contribution in [0.15, 0.2) is 12.1 Å². The van der Waals surface area contributed by atoms with E-state index >= 15 is 0 Å². The van der Waals surface area contributed by atoms with Crippen molar-refractivity contribution in [2.45, 2.75) is 0 Å². The van der Waals surface area contributed by atoms with Crippen molar-refractivity contribution in [1.82, 2.24) is 29.6 Å². The quantitative estimate of drug-likeness (QED) is 0.467. The predicted octanol–water partition coefficient (Wildman–Crippen LogP) is 2.21. The van der Waals surface area contributed by atoms with Crippen molar-refractivity contribution in [2.75, 3.05) is 103 Å². The second-order valence-electron chi connectivity index (χ2n) is 8.82. The maximum absolute atomic E-state index is 6.35. The van der Waals surface area contributed by atoms with Crippen molar-refractivity contribution < 1.29 is 0 Å². The highest BCUT2D eigenvalue weighted by molar-refractivity contribution is 14.1. The summed E-state index contributed by atoms with van der Waals surface area (Å²) in [5.41, 5.74) is 1.69. The first-order valence-electron chi connectivity index (χ1n) is 11.4. The lowest BCUT2D eigenvalue weighted by Crippen LogP contribution is -2.46. The highest BCUT2D eigenvalue weighted by Crippen LogP contribution is 2.27. The first kappa shape index (κ1) is 24.2. The zero-order chi connectivity index (χ0) is 22.5. The second kappa shape index (κ2) is 11.4. The third-order valence-electron chi connectivity index (χ3n) is 6.34. The minimum Gasteiger partial charge on any atom is -0.366 e. The van der Waals surface area contributed by atoms with Crippen LogP contribution in [0.25, 0.3) is 11.0 Å². The lowest BCUT2D eigenvalue weighted by atomic mass is 10.3. The Morgan fingerprint density at radius 2 is 1.22 bits per heavy atom. The Labute approximate surface area is 209 Å². The number of anilines is 2. The molecule has 10 heteroatoms. The Bertz CT molecular complexity index is 825. The van der Waals surface area contributed by atoms with Gasteiger partial charge in [0.25, 0.3) is 0 Å². The average Bonchev–Trinajstić information content (AvgIpc) is 2.78. The molecule has 2 aliphatic rings. The number of rotatable bonds is 8. The van der Waals surface area contributed by atoms with Gasteiger partial charge in [0.15, 0.2) is 11.6 Å². The van der Waals surface area contributed by atoms with Gasteiger partial charge in [-0.2, -0.15) is 0 Å². The first-order chi connectivity index (χ1) is 15.5. The number of nitrogens with zero attached hydrogens (tertiary/aromatic N) is 6. The zero-order valence-corrected chi connectivity index (χ0v) is 22.0. The summed E-state index contributed by atoms with van der Waals surface area (Å²) in [5, 5.41) is 7.80. The molecular formula is C22H34ClIN8. The van der Waals surface area contributed by atoms with Crippen molar-refractivity contribution in [3.8, 4) is 0 Å². The molecule has 0 bridgehead atoms. The van der Waals surface area contributed by atoms with Crippen LogP contribution in [-0.2, 0) is 0 Å². The van der Waals surface area contributed by atoms with E-state index < -0.39 is 0 Å². The molecule has 8 nitrogen and oxygen atoms in total. The molecular weight excluding hydrogens is 539 g/mol. The fraction of sp³-hybridized carbons (Fsp3) is 0.636. The lowest BCUT2D eigenvalue weighted by Gasteiger charge is -2.32. The van der Waals surface area contributed by atoms with Gasteiger partial charge in [-0.15, -0.1) is 0 Å². The van der Waals surface area contributed by atoms with Crippen LogP contribution in [0.5, 0.6) is 0 Å². The maximum atomic E-state index is 6.35. The number of hydrogen-bond donors (Lipinski definition) is 2. The standard InChI is InChI=1S/C22H34ClIN8/c1-29-7-11-31(12-8-29)5-3-25-21-22(26-4-6-32-13-9-30(2)10-14-32)28-20-16-18(24)17(23)15-19(20)27-21/h15-16H,3-14H2,1-2H3,(H,25,27)(H,26,28). The summed E-state index contributed by atoms with van der Waals surface area (Å²) in [4.78, 5) is 19.5. The second-order valence-corrected chi connectivity index (χ2v) is 10.4. The van der Waals surface area contributed by atoms with Crippen molar-refractivity contribution in [2.24, 2.45) is 0 Å². The van der Waals surface area contributed by atoms with Gasteiger partial charge in [0.2, 0.25) is 0 Å². The molecule has 4 rings (SSSR count). The number of aromatic nitrogens is 2. The van der Waals surface area contributed by atoms with Crippen LogP contribution in [0, 0.1) is 3.57 Å². The smallest absolute Gasteiger partial charge is 0.169 e. The van der Waals surface area contributed by atoms with Crippen molar-refractivity contribution in [1.29, 1.82) is 0 Å². The molecule has 2 N–H and O–H groups in total. The summed E-state index contributed by atoms with van der Waals surface area (Å²) < 4.78 is 0.991. The van der Waals surface area contributed by atoms with E-state index in [4.69, 9.17) is 21.6 Å². The number of likely N-dealkylation sites (N-methyl/N-ethyl adjacent to an activating group) is 2. The van der Waals surface area contributed by atoms with E-state index in [9.17, 15) is 0 Å². The number of hydrogen-bond acceptors (Lipinski definition) is 8. The Balaban J connectivity index is 1.41. The van der Waals surface area contributed by atoms with Gasteiger partial charge in [-0.3, -0.25) is 9.80 Å². The third-order valence-corrected chi connectivity index (χ3v) is 7.86. The van der Waals surface area contributed by atoms with E-state index in [2.05, 4.69) is 66.9 Å². The van der Waals surface area contributed by atoms with Gasteiger partial charge < -0.3 is 20.4 Å². The molecule has 3 heterocycles. The monoisotopic (exact) mass is 572 g/mol. The van der Waals surface area contributed by atoms with Crippen LogP contribution in [0.1, 0.15) is 0 Å². The molecule has 0 amide bonds. The van der Waals surface area contributed by atoms with Gasteiger partial charge in [-0.25, -0.2) is 9.97 Å². The SMILES string of the molecule is CN1CCN(CCNc2nc3cc(Cl)c(I)cc3nc2NCCN2CCN(C)CC2)CC1. The van der Waals surface area contributed by atoms with Gasteiger partial charge in [0.1, 0.15) is 0 Å². The van der Waals surface area contributed by atoms with Crippen LogP contribution >= 0.6 is 34.2 Å². The fourth-order valence-electron chi connectivity index (χ4n) is 4.11. The number of nitrogens with one attached hydrogen (secondary N) is 2. The highest BCUT2D eigenvalue weighted by Gasteiger charge is 2.16. The van der Waals surface area contributed by atoms with E-state index in [-0.39, 0.29) is 0 Å². The van der Waals surface area contributed by atoms with Gasteiger partial charge in [-0.1, -0.05) is 11.6 Å². The van der Waals surface area contributed by atoms with Crippen molar-refractivity contribution in [3.05, 3.63) is 20.7 Å². The summed E-state index contributed by atoms with van der Waals surface area (Å²) in [7, 11) is 4.38. The molecule has 0 spiro atoms. The lowest BCUT2D eigenvalue weighted by molar-refractivity contribution is 0.158. The van der Waals surface area contributed by atoms with Crippen molar-refractivity contribution in [3.63, 3.8) is 0 Å². The Morgan fingerprint density at radius 3 is 1.69 bits per heavy atom. The Morgan fingerprint density at radius 1 is 0.781 bits per heavy atom. The number of piperazine rings is 2. The number of fused-ring (bicyclic) bond motifs is 1.